The Hall–Kier alpha value is -1.13. The molecule has 5 heteroatoms. The maximum Gasteiger partial charge on any atom is 0.145 e. The van der Waals surface area contributed by atoms with E-state index in [0.29, 0.717) is 11.2 Å². The summed E-state index contributed by atoms with van der Waals surface area (Å²) < 4.78 is 2.29. The fourth-order valence-corrected chi connectivity index (χ4v) is 3.69. The quantitative estimate of drug-likeness (QED) is 0.794. The molecular weight excluding hydrogens is 284 g/mol. The van der Waals surface area contributed by atoms with Crippen LogP contribution in [0.15, 0.2) is 12.4 Å². The molecule has 1 atom stereocenters. The first kappa shape index (κ1) is 14.8. The van der Waals surface area contributed by atoms with Gasteiger partial charge in [0.2, 0.25) is 0 Å². The van der Waals surface area contributed by atoms with Gasteiger partial charge in [-0.1, -0.05) is 11.6 Å². The van der Waals surface area contributed by atoms with Crippen LogP contribution < -0.4 is 0 Å². The van der Waals surface area contributed by atoms with Crippen LogP contribution in [0.5, 0.6) is 0 Å². The highest BCUT2D eigenvalue weighted by Crippen LogP contribution is 2.30. The number of aromatic nitrogens is 3. The van der Waals surface area contributed by atoms with Crippen LogP contribution in [-0.4, -0.2) is 37.6 Å². The molecule has 0 aromatic carbocycles. The van der Waals surface area contributed by atoms with Crippen LogP contribution in [0.4, 0.5) is 0 Å². The lowest BCUT2D eigenvalue weighted by Gasteiger charge is -2.37. The van der Waals surface area contributed by atoms with Crippen LogP contribution in [0.2, 0.25) is 5.15 Å². The molecule has 1 aliphatic heterocycles. The summed E-state index contributed by atoms with van der Waals surface area (Å²) in [5.41, 5.74) is 2.37. The third-order valence-electron chi connectivity index (χ3n) is 4.48. The summed E-state index contributed by atoms with van der Waals surface area (Å²) in [5, 5.41) is 1.50. The zero-order chi connectivity index (χ0) is 15.2. The minimum atomic E-state index is 0.213. The Labute approximate surface area is 131 Å². The average Bonchev–Trinajstić information content (AvgIpc) is 2.97. The molecule has 0 aliphatic carbocycles. The van der Waals surface area contributed by atoms with Gasteiger partial charge in [-0.05, 0) is 53.1 Å². The zero-order valence-corrected chi connectivity index (χ0v) is 14.0. The summed E-state index contributed by atoms with van der Waals surface area (Å²) >= 11 is 6.19. The van der Waals surface area contributed by atoms with Gasteiger partial charge < -0.3 is 4.57 Å². The molecule has 114 valence electrons. The van der Waals surface area contributed by atoms with Gasteiger partial charge in [0, 0.05) is 23.8 Å². The van der Waals surface area contributed by atoms with Crippen LogP contribution in [-0.2, 0) is 6.54 Å². The number of halogens is 1. The lowest BCUT2D eigenvalue weighted by molar-refractivity contribution is 0.111. The Morgan fingerprint density at radius 2 is 2.10 bits per heavy atom. The molecule has 0 bridgehead atoms. The van der Waals surface area contributed by atoms with E-state index < -0.39 is 0 Å². The van der Waals surface area contributed by atoms with Crippen LogP contribution in [0.25, 0.3) is 11.0 Å². The van der Waals surface area contributed by atoms with Crippen LogP contribution in [0, 0.1) is 6.92 Å². The minimum Gasteiger partial charge on any atom is -0.328 e. The highest BCUT2D eigenvalue weighted by atomic mass is 35.5. The third-order valence-corrected chi connectivity index (χ3v) is 4.78. The van der Waals surface area contributed by atoms with Crippen molar-refractivity contribution in [2.24, 2.45) is 0 Å². The number of hydrogen-bond acceptors (Lipinski definition) is 3. The first-order valence-corrected chi connectivity index (χ1v) is 7.99. The molecule has 0 saturated carbocycles. The molecule has 0 N–H and O–H groups in total. The lowest BCUT2D eigenvalue weighted by atomic mass is 10.0. The summed E-state index contributed by atoms with van der Waals surface area (Å²) in [4.78, 5) is 11.1. The number of hydrogen-bond donors (Lipinski definition) is 0. The topological polar surface area (TPSA) is 34.0 Å². The van der Waals surface area contributed by atoms with Crippen LogP contribution in [0.1, 0.15) is 39.3 Å². The van der Waals surface area contributed by atoms with Gasteiger partial charge in [0.05, 0.1) is 5.39 Å². The molecule has 21 heavy (non-hydrogen) atoms. The van der Waals surface area contributed by atoms with Crippen molar-refractivity contribution >= 4 is 22.6 Å². The summed E-state index contributed by atoms with van der Waals surface area (Å²) in [6.45, 7) is 11.2. The number of fused-ring (bicyclic) bond motifs is 1. The van der Waals surface area contributed by atoms with Crippen LogP contribution in [0.3, 0.4) is 0 Å². The minimum absolute atomic E-state index is 0.213. The van der Waals surface area contributed by atoms with E-state index in [1.54, 1.807) is 6.33 Å². The maximum atomic E-state index is 6.19. The van der Waals surface area contributed by atoms with E-state index in [1.165, 1.54) is 25.1 Å². The zero-order valence-electron chi connectivity index (χ0n) is 13.2. The molecule has 0 radical (unpaired) electrons. The smallest absolute Gasteiger partial charge is 0.145 e. The predicted molar refractivity (Wildman–Crippen MR) is 86.8 cm³/mol. The SMILES string of the molecule is Cc1cc2c(Cl)ncnc2n1C[C@@H]1CCCN1C(C)(C)C. The molecule has 1 fully saturated rings. The molecule has 0 spiro atoms. The van der Waals surface area contributed by atoms with Crippen molar-refractivity contribution in [3.63, 3.8) is 0 Å². The fraction of sp³-hybridized carbons (Fsp3) is 0.625. The summed E-state index contributed by atoms with van der Waals surface area (Å²) in [7, 11) is 0. The molecular formula is C16H23ClN4. The van der Waals surface area contributed by atoms with Crippen molar-refractivity contribution in [2.75, 3.05) is 6.54 Å². The molecule has 3 heterocycles. The van der Waals surface area contributed by atoms with Gasteiger partial charge in [-0.2, -0.15) is 0 Å². The first-order valence-electron chi connectivity index (χ1n) is 7.61. The second kappa shape index (κ2) is 5.25. The molecule has 3 rings (SSSR count). The Morgan fingerprint density at radius 3 is 2.81 bits per heavy atom. The Morgan fingerprint density at radius 1 is 1.33 bits per heavy atom. The maximum absolute atomic E-state index is 6.19. The Kier molecular flexibility index (Phi) is 3.70. The van der Waals surface area contributed by atoms with Crippen molar-refractivity contribution in [2.45, 2.75) is 58.7 Å². The largest absolute Gasteiger partial charge is 0.328 e. The van der Waals surface area contributed by atoms with E-state index in [1.807, 2.05) is 0 Å². The first-order chi connectivity index (χ1) is 9.88. The van der Waals surface area contributed by atoms with Crippen molar-refractivity contribution in [3.05, 3.63) is 23.2 Å². The lowest BCUT2D eigenvalue weighted by Crippen LogP contribution is -2.46. The van der Waals surface area contributed by atoms with Gasteiger partial charge in [0.15, 0.2) is 0 Å². The van der Waals surface area contributed by atoms with Gasteiger partial charge in [0.1, 0.15) is 17.1 Å². The third kappa shape index (κ3) is 2.67. The highest BCUT2D eigenvalue weighted by Gasteiger charge is 2.33. The van der Waals surface area contributed by atoms with Crippen molar-refractivity contribution < 1.29 is 0 Å². The molecule has 1 aliphatic rings. The normalized spacial score (nSPS) is 20.5. The van der Waals surface area contributed by atoms with E-state index in [0.717, 1.165) is 17.6 Å². The average molecular weight is 307 g/mol. The second-order valence-corrected chi connectivity index (χ2v) is 7.32. The van der Waals surface area contributed by atoms with E-state index in [9.17, 15) is 0 Å². The molecule has 2 aromatic heterocycles. The number of rotatable bonds is 2. The highest BCUT2D eigenvalue weighted by molar-refractivity contribution is 6.33. The Balaban J connectivity index is 1.95. The van der Waals surface area contributed by atoms with Gasteiger partial charge in [-0.25, -0.2) is 9.97 Å². The molecule has 1 saturated heterocycles. The fourth-order valence-electron chi connectivity index (χ4n) is 3.51. The predicted octanol–water partition coefficient (Wildman–Crippen LogP) is 3.66. The molecule has 0 amide bonds. The molecule has 4 nitrogen and oxygen atoms in total. The Bertz CT molecular complexity index is 656. The number of nitrogens with zero attached hydrogens (tertiary/aromatic N) is 4. The van der Waals surface area contributed by atoms with Gasteiger partial charge in [-0.3, -0.25) is 4.90 Å². The van der Waals surface area contributed by atoms with Gasteiger partial charge in [-0.15, -0.1) is 0 Å². The molecule has 2 aromatic rings. The van der Waals surface area contributed by atoms with Crippen molar-refractivity contribution in [3.8, 4) is 0 Å². The van der Waals surface area contributed by atoms with E-state index >= 15 is 0 Å². The standard InChI is InChI=1S/C16H23ClN4/c1-11-8-13-14(17)18-10-19-15(13)20(11)9-12-6-5-7-21(12)16(2,3)4/h8,10,12H,5-7,9H2,1-4H3/t12-/m0/s1. The van der Waals surface area contributed by atoms with Crippen LogP contribution >= 0.6 is 11.6 Å². The molecule has 0 unspecified atom stereocenters. The van der Waals surface area contributed by atoms with Gasteiger partial charge in [0.25, 0.3) is 0 Å². The van der Waals surface area contributed by atoms with E-state index in [4.69, 9.17) is 11.6 Å². The van der Waals surface area contributed by atoms with E-state index in [-0.39, 0.29) is 5.54 Å². The summed E-state index contributed by atoms with van der Waals surface area (Å²) in [5.74, 6) is 0. The van der Waals surface area contributed by atoms with Crippen molar-refractivity contribution in [1.82, 2.24) is 19.4 Å². The van der Waals surface area contributed by atoms with E-state index in [2.05, 4.69) is 53.2 Å². The van der Waals surface area contributed by atoms with Gasteiger partial charge >= 0.3 is 0 Å². The monoisotopic (exact) mass is 306 g/mol. The summed E-state index contributed by atoms with van der Waals surface area (Å²) in [6, 6.07) is 2.65. The van der Waals surface area contributed by atoms with Crippen molar-refractivity contribution in [1.29, 1.82) is 0 Å². The number of likely N-dealkylation sites (tertiary alicyclic amines) is 1. The number of aryl methyl sites for hydroxylation is 1. The summed E-state index contributed by atoms with van der Waals surface area (Å²) in [6.07, 6.45) is 4.07. The second-order valence-electron chi connectivity index (χ2n) is 6.96.